The molecule has 8 heteroatoms. The van der Waals surface area contributed by atoms with Crippen LogP contribution in [0.5, 0.6) is 0 Å². The van der Waals surface area contributed by atoms with Gasteiger partial charge in [-0.1, -0.05) is 49.9 Å². The number of urea groups is 1. The molecule has 0 aliphatic rings. The summed E-state index contributed by atoms with van der Waals surface area (Å²) < 4.78 is 0. The van der Waals surface area contributed by atoms with Crippen molar-refractivity contribution in [2.45, 2.75) is 38.5 Å². The lowest BCUT2D eigenvalue weighted by Gasteiger charge is -2.29. The van der Waals surface area contributed by atoms with Crippen molar-refractivity contribution in [1.82, 2.24) is 10.2 Å². The Morgan fingerprint density at radius 2 is 2.00 bits per heavy atom. The van der Waals surface area contributed by atoms with Crippen molar-refractivity contribution < 1.29 is 9.90 Å². The van der Waals surface area contributed by atoms with E-state index in [4.69, 9.17) is 17.3 Å². The van der Waals surface area contributed by atoms with Crippen molar-refractivity contribution in [2.75, 3.05) is 18.9 Å². The van der Waals surface area contributed by atoms with Gasteiger partial charge in [-0.15, -0.1) is 0 Å². The molecule has 0 aromatic heterocycles. The molecule has 0 heterocycles. The molecule has 0 fully saturated rings. The molecule has 2 amide bonds. The molecular weight excluding hydrogens is 384 g/mol. The van der Waals surface area contributed by atoms with Crippen LogP contribution in [0.3, 0.4) is 0 Å². The molecular formula is C19H29ClN4O2S. The maximum absolute atomic E-state index is 12.0. The second-order valence-corrected chi connectivity index (χ2v) is 8.01. The number of nitrogens with one attached hydrogen (secondary N) is 2. The molecule has 2 unspecified atom stereocenters. The van der Waals surface area contributed by atoms with Gasteiger partial charge in [-0.2, -0.15) is 0 Å². The number of amides is 2. The van der Waals surface area contributed by atoms with Gasteiger partial charge in [0, 0.05) is 23.3 Å². The molecule has 1 rings (SSSR count). The third-order valence-electron chi connectivity index (χ3n) is 3.81. The van der Waals surface area contributed by atoms with E-state index in [1.54, 1.807) is 24.3 Å². The molecule has 0 spiro atoms. The van der Waals surface area contributed by atoms with E-state index in [9.17, 15) is 9.90 Å². The van der Waals surface area contributed by atoms with Gasteiger partial charge in [-0.25, -0.2) is 4.79 Å². The van der Waals surface area contributed by atoms with Crippen molar-refractivity contribution in [2.24, 2.45) is 5.73 Å². The van der Waals surface area contributed by atoms with Crippen LogP contribution in [0.25, 0.3) is 0 Å². The van der Waals surface area contributed by atoms with Gasteiger partial charge in [0.15, 0.2) is 0 Å². The van der Waals surface area contributed by atoms with E-state index < -0.39 is 6.23 Å². The summed E-state index contributed by atoms with van der Waals surface area (Å²) in [5.41, 5.74) is 6.11. The maximum Gasteiger partial charge on any atom is 0.324 e. The standard InChI is InChI=1S/C19H29ClN4O2S/c1-5-6-17(24(4)12-18(21)25)11-13(2)27-14(3)22-19(26)23-16-9-7-15(20)8-10-16/h7-10,17-18,25H,2-3,5-6,11-12,21H2,1,4H3,(H2,22,23,26). The van der Waals surface area contributed by atoms with Gasteiger partial charge in [0.25, 0.3) is 0 Å². The molecule has 0 aliphatic carbocycles. The Hall–Kier alpha value is -1.51. The highest BCUT2D eigenvalue weighted by atomic mass is 35.5. The van der Waals surface area contributed by atoms with Gasteiger partial charge in [0.1, 0.15) is 6.23 Å². The number of carbonyl (C=O) groups excluding carboxylic acids is 1. The number of halogens is 1. The lowest BCUT2D eigenvalue weighted by molar-refractivity contribution is 0.106. The average molecular weight is 413 g/mol. The SMILES string of the molecule is C=C(CC(CCC)N(C)CC(N)O)SC(=C)NC(=O)Nc1ccc(Cl)cc1. The molecule has 6 nitrogen and oxygen atoms in total. The Bertz CT molecular complexity index is 637. The number of anilines is 1. The predicted octanol–water partition coefficient (Wildman–Crippen LogP) is 3.95. The van der Waals surface area contributed by atoms with E-state index in [1.165, 1.54) is 11.8 Å². The molecule has 2 atom stereocenters. The lowest BCUT2D eigenvalue weighted by Crippen LogP contribution is -2.41. The fraction of sp³-hybridized carbons (Fsp3) is 0.421. The fourth-order valence-electron chi connectivity index (χ4n) is 2.58. The van der Waals surface area contributed by atoms with Crippen LogP contribution < -0.4 is 16.4 Å². The summed E-state index contributed by atoms with van der Waals surface area (Å²) in [6.07, 6.45) is 1.81. The van der Waals surface area contributed by atoms with Gasteiger partial charge in [0.05, 0.1) is 5.03 Å². The van der Waals surface area contributed by atoms with Gasteiger partial charge < -0.3 is 21.5 Å². The summed E-state index contributed by atoms with van der Waals surface area (Å²) in [5, 5.41) is 15.9. The largest absolute Gasteiger partial charge is 0.377 e. The highest BCUT2D eigenvalue weighted by Gasteiger charge is 2.17. The van der Waals surface area contributed by atoms with Gasteiger partial charge >= 0.3 is 6.03 Å². The number of aliphatic hydroxyl groups is 1. The quantitative estimate of drug-likeness (QED) is 0.413. The number of thioether (sulfide) groups is 1. The average Bonchev–Trinajstić information content (AvgIpc) is 2.55. The van der Waals surface area contributed by atoms with E-state index in [2.05, 4.69) is 30.7 Å². The number of nitrogens with zero attached hydrogens (tertiary/aromatic N) is 1. The summed E-state index contributed by atoms with van der Waals surface area (Å²) in [4.78, 5) is 14.9. The molecule has 1 aromatic carbocycles. The van der Waals surface area contributed by atoms with Crippen LogP contribution in [0.15, 0.2) is 47.4 Å². The monoisotopic (exact) mass is 412 g/mol. The minimum absolute atomic E-state index is 0.212. The van der Waals surface area contributed by atoms with E-state index in [0.29, 0.717) is 28.7 Å². The summed E-state index contributed by atoms with van der Waals surface area (Å²) in [6, 6.07) is 6.66. The fourth-order valence-corrected chi connectivity index (χ4v) is 3.48. The number of carbonyl (C=O) groups is 1. The predicted molar refractivity (Wildman–Crippen MR) is 116 cm³/mol. The molecule has 1 aromatic rings. The number of benzene rings is 1. The van der Waals surface area contributed by atoms with Crippen LogP contribution in [0.1, 0.15) is 26.2 Å². The maximum atomic E-state index is 12.0. The first-order valence-electron chi connectivity index (χ1n) is 8.73. The molecule has 0 saturated heterocycles. The Morgan fingerprint density at radius 1 is 1.37 bits per heavy atom. The van der Waals surface area contributed by atoms with Gasteiger partial charge in [-0.05, 0) is 49.1 Å². The summed E-state index contributed by atoms with van der Waals surface area (Å²) in [7, 11) is 1.93. The zero-order valence-corrected chi connectivity index (χ0v) is 17.4. The van der Waals surface area contributed by atoms with E-state index in [-0.39, 0.29) is 12.1 Å². The Balaban J connectivity index is 2.48. The summed E-state index contributed by atoms with van der Waals surface area (Å²) in [5.74, 6) is 0. The minimum Gasteiger partial charge on any atom is -0.377 e. The second kappa shape index (κ2) is 12.0. The third kappa shape index (κ3) is 9.83. The molecule has 27 heavy (non-hydrogen) atoms. The van der Waals surface area contributed by atoms with Crippen molar-refractivity contribution in [3.05, 3.63) is 52.4 Å². The first kappa shape index (κ1) is 23.5. The van der Waals surface area contributed by atoms with Crippen molar-refractivity contribution >= 4 is 35.1 Å². The van der Waals surface area contributed by atoms with Crippen molar-refractivity contribution in [3.8, 4) is 0 Å². The first-order chi connectivity index (χ1) is 12.7. The van der Waals surface area contributed by atoms with Gasteiger partial charge in [-0.3, -0.25) is 4.90 Å². The van der Waals surface area contributed by atoms with Crippen LogP contribution in [-0.4, -0.2) is 41.9 Å². The molecule has 5 N–H and O–H groups in total. The molecule has 0 radical (unpaired) electrons. The number of nitrogens with two attached hydrogens (primary N) is 1. The van der Waals surface area contributed by atoms with E-state index in [0.717, 1.165) is 17.7 Å². The summed E-state index contributed by atoms with van der Waals surface area (Å²) in [6.45, 7) is 10.4. The van der Waals surface area contributed by atoms with Gasteiger partial charge in [0.2, 0.25) is 0 Å². The normalized spacial score (nSPS) is 13.1. The van der Waals surface area contributed by atoms with Crippen LogP contribution in [0.4, 0.5) is 10.5 Å². The van der Waals surface area contributed by atoms with E-state index in [1.807, 2.05) is 11.9 Å². The highest BCUT2D eigenvalue weighted by Crippen LogP contribution is 2.27. The molecule has 0 aliphatic heterocycles. The van der Waals surface area contributed by atoms with Crippen molar-refractivity contribution in [1.29, 1.82) is 0 Å². The van der Waals surface area contributed by atoms with Crippen molar-refractivity contribution in [3.63, 3.8) is 0 Å². The van der Waals surface area contributed by atoms with Crippen LogP contribution in [-0.2, 0) is 0 Å². The highest BCUT2D eigenvalue weighted by molar-refractivity contribution is 8.06. The third-order valence-corrected chi connectivity index (χ3v) is 4.86. The zero-order valence-electron chi connectivity index (χ0n) is 15.9. The molecule has 0 bridgehead atoms. The number of hydrogen-bond acceptors (Lipinski definition) is 5. The lowest BCUT2D eigenvalue weighted by atomic mass is 10.1. The number of likely N-dealkylation sites (N-methyl/N-ethyl adjacent to an activating group) is 1. The van der Waals surface area contributed by atoms with Crippen LogP contribution >= 0.6 is 23.4 Å². The second-order valence-electron chi connectivity index (χ2n) is 6.30. The van der Waals surface area contributed by atoms with E-state index >= 15 is 0 Å². The number of hydrogen-bond donors (Lipinski definition) is 4. The zero-order chi connectivity index (χ0) is 20.4. The van der Waals surface area contributed by atoms with Crippen LogP contribution in [0.2, 0.25) is 5.02 Å². The summed E-state index contributed by atoms with van der Waals surface area (Å²) >= 11 is 7.15. The number of rotatable bonds is 11. The Labute approximate surface area is 170 Å². The molecule has 0 saturated carbocycles. The Morgan fingerprint density at radius 3 is 2.56 bits per heavy atom. The minimum atomic E-state index is -0.872. The first-order valence-corrected chi connectivity index (χ1v) is 9.92. The Kier molecular flexibility index (Phi) is 10.5. The molecule has 150 valence electrons. The van der Waals surface area contributed by atoms with Crippen LogP contribution in [0, 0.1) is 0 Å². The smallest absolute Gasteiger partial charge is 0.324 e. The number of aliphatic hydroxyl groups excluding tert-OH is 1. The topological polar surface area (TPSA) is 90.6 Å².